The van der Waals surface area contributed by atoms with Crippen LogP contribution in [-0.2, 0) is 0 Å². The molecule has 0 radical (unpaired) electrons. The molecule has 0 amide bonds. The van der Waals surface area contributed by atoms with Crippen molar-refractivity contribution in [3.05, 3.63) is 63.1 Å². The average molecular weight is 437 g/mol. The first kappa shape index (κ1) is 20.1. The third-order valence-corrected chi connectivity index (χ3v) is 4.99. The quantitative estimate of drug-likeness (QED) is 0.347. The van der Waals surface area contributed by atoms with E-state index in [0.29, 0.717) is 28.6 Å². The Morgan fingerprint density at radius 1 is 1.29 bits per heavy atom. The van der Waals surface area contributed by atoms with Crippen LogP contribution in [0.4, 0.5) is 23.3 Å². The van der Waals surface area contributed by atoms with Crippen LogP contribution in [0.15, 0.2) is 35.3 Å². The Hall–Kier alpha value is -4.17. The van der Waals surface area contributed by atoms with Crippen molar-refractivity contribution in [1.82, 2.24) is 29.7 Å². The van der Waals surface area contributed by atoms with Crippen LogP contribution in [0.1, 0.15) is 25.2 Å². The number of fused-ring (bicyclic) bond motifs is 1. The summed E-state index contributed by atoms with van der Waals surface area (Å²) in [7, 11) is 0. The van der Waals surface area contributed by atoms with Gasteiger partial charge in [0.1, 0.15) is 23.3 Å². The summed E-state index contributed by atoms with van der Waals surface area (Å²) >= 11 is 6.29. The van der Waals surface area contributed by atoms with Gasteiger partial charge in [-0.25, -0.2) is 24.4 Å². The van der Waals surface area contributed by atoms with Gasteiger partial charge in [0.2, 0.25) is 5.95 Å². The maximum atomic E-state index is 13.4. The fourth-order valence-electron chi connectivity index (χ4n) is 3.26. The molecule has 11 nitrogen and oxygen atoms in total. The first-order valence-corrected chi connectivity index (χ1v) is 9.60. The molecule has 3 heterocycles. The monoisotopic (exact) mass is 436 g/mol. The Balaban J connectivity index is 1.95. The molecular weight excluding hydrogens is 420 g/mol. The molecule has 1 unspecified atom stereocenters. The van der Waals surface area contributed by atoms with Crippen molar-refractivity contribution in [2.75, 3.05) is 16.8 Å². The van der Waals surface area contributed by atoms with Crippen LogP contribution in [0.2, 0.25) is 5.02 Å². The van der Waals surface area contributed by atoms with Crippen molar-refractivity contribution in [3.8, 4) is 5.82 Å². The van der Waals surface area contributed by atoms with Gasteiger partial charge >= 0.3 is 0 Å². The van der Waals surface area contributed by atoms with Gasteiger partial charge in [0.25, 0.3) is 11.2 Å². The Morgan fingerprint density at radius 3 is 2.77 bits per heavy atom. The van der Waals surface area contributed by atoms with Crippen LogP contribution in [0.5, 0.6) is 0 Å². The molecule has 0 aliphatic carbocycles. The number of anilines is 3. The zero-order valence-corrected chi connectivity index (χ0v) is 17.1. The summed E-state index contributed by atoms with van der Waals surface area (Å²) in [6, 6.07) is 6.18. The predicted octanol–water partition coefficient (Wildman–Crippen LogP) is 2.83. The summed E-state index contributed by atoms with van der Waals surface area (Å²) in [5.41, 5.74) is 11.7. The van der Waals surface area contributed by atoms with Crippen molar-refractivity contribution in [1.29, 1.82) is 0 Å². The zero-order valence-electron chi connectivity index (χ0n) is 16.3. The Labute approximate surface area is 180 Å². The minimum Gasteiger partial charge on any atom is -0.392 e. The molecule has 4 rings (SSSR count). The Morgan fingerprint density at radius 2 is 2.10 bits per heavy atom. The Bertz CT molecular complexity index is 1370. The van der Waals surface area contributed by atoms with E-state index in [9.17, 15) is 4.79 Å². The standard InChI is InChI=1S/C19H17ClN10O/c1-3-10(25-16-14(23-2)15(21)27-19(22)28-16)17-26-11-6-4-5-9(20)13(11)18(31)30(17)12-7-8-24-29-12/h4-8,10H,3H2,1H3,(H,24,29)(H5,21,22,25,27,28). The highest BCUT2D eigenvalue weighted by Gasteiger charge is 2.24. The molecule has 4 aromatic rings. The van der Waals surface area contributed by atoms with Gasteiger partial charge in [-0.3, -0.25) is 9.89 Å². The predicted molar refractivity (Wildman–Crippen MR) is 118 cm³/mol. The number of benzene rings is 1. The molecular formula is C19H17ClN10O. The van der Waals surface area contributed by atoms with E-state index in [2.05, 4.69) is 30.3 Å². The maximum Gasteiger partial charge on any atom is 0.268 e. The maximum absolute atomic E-state index is 13.4. The number of hydrogen-bond acceptors (Lipinski definition) is 8. The lowest BCUT2D eigenvalue weighted by Gasteiger charge is -2.22. The molecule has 0 fully saturated rings. The van der Waals surface area contributed by atoms with Crippen LogP contribution in [0, 0.1) is 6.57 Å². The summed E-state index contributed by atoms with van der Waals surface area (Å²) in [5.74, 6) is 0.832. The molecule has 12 heteroatoms. The number of H-pyrrole nitrogens is 1. The zero-order chi connectivity index (χ0) is 22.1. The number of aromatic nitrogens is 6. The van der Waals surface area contributed by atoms with Crippen LogP contribution in [0.3, 0.4) is 0 Å². The smallest absolute Gasteiger partial charge is 0.268 e. The van der Waals surface area contributed by atoms with Crippen LogP contribution in [-0.4, -0.2) is 29.7 Å². The number of halogens is 1. The molecule has 1 aromatic carbocycles. The molecule has 3 aromatic heterocycles. The summed E-state index contributed by atoms with van der Waals surface area (Å²) in [4.78, 5) is 29.5. The number of nitrogen functional groups attached to an aromatic ring is 2. The van der Waals surface area contributed by atoms with Gasteiger partial charge in [-0.2, -0.15) is 5.10 Å². The van der Waals surface area contributed by atoms with E-state index in [1.165, 1.54) is 10.8 Å². The number of aromatic amines is 1. The average Bonchev–Trinajstić information content (AvgIpc) is 3.25. The number of rotatable bonds is 5. The topological polar surface area (TPSA) is 158 Å². The molecule has 0 bridgehead atoms. The van der Waals surface area contributed by atoms with Crippen LogP contribution < -0.4 is 22.3 Å². The summed E-state index contributed by atoms with van der Waals surface area (Å²) in [6.45, 7) is 9.31. The second kappa shape index (κ2) is 7.92. The van der Waals surface area contributed by atoms with Gasteiger partial charge < -0.3 is 16.8 Å². The van der Waals surface area contributed by atoms with E-state index in [1.807, 2.05) is 6.92 Å². The van der Waals surface area contributed by atoms with Crippen LogP contribution >= 0.6 is 11.6 Å². The summed E-state index contributed by atoms with van der Waals surface area (Å²) in [5, 5.41) is 10.5. The molecule has 156 valence electrons. The highest BCUT2D eigenvalue weighted by atomic mass is 35.5. The molecule has 0 aliphatic rings. The van der Waals surface area contributed by atoms with Crippen molar-refractivity contribution >= 4 is 45.8 Å². The van der Waals surface area contributed by atoms with Crippen molar-refractivity contribution < 1.29 is 0 Å². The van der Waals surface area contributed by atoms with Gasteiger partial charge in [-0.15, -0.1) is 0 Å². The van der Waals surface area contributed by atoms with Gasteiger partial charge in [-0.1, -0.05) is 24.6 Å². The number of nitrogens with zero attached hydrogens (tertiary/aromatic N) is 6. The number of hydrogen-bond donors (Lipinski definition) is 4. The van der Waals surface area contributed by atoms with Crippen molar-refractivity contribution in [2.45, 2.75) is 19.4 Å². The second-order valence-corrected chi connectivity index (χ2v) is 6.97. The number of nitrogens with one attached hydrogen (secondary N) is 2. The van der Waals surface area contributed by atoms with Gasteiger partial charge in [0.15, 0.2) is 0 Å². The molecule has 0 spiro atoms. The third-order valence-electron chi connectivity index (χ3n) is 4.67. The minimum absolute atomic E-state index is 0.0342. The lowest BCUT2D eigenvalue weighted by Crippen LogP contribution is -2.28. The normalized spacial score (nSPS) is 11.9. The van der Waals surface area contributed by atoms with Gasteiger partial charge in [0.05, 0.1) is 34.7 Å². The molecule has 31 heavy (non-hydrogen) atoms. The van der Waals surface area contributed by atoms with E-state index in [-0.39, 0.29) is 34.2 Å². The molecule has 0 aliphatic heterocycles. The van der Waals surface area contributed by atoms with Crippen molar-refractivity contribution in [2.24, 2.45) is 0 Å². The first-order valence-electron chi connectivity index (χ1n) is 9.22. The Kier molecular flexibility index (Phi) is 5.14. The molecule has 6 N–H and O–H groups in total. The number of nitrogens with two attached hydrogens (primary N) is 2. The molecule has 0 saturated heterocycles. The fraction of sp³-hybridized carbons (Fsp3) is 0.158. The SMILES string of the molecule is [C-]#[N+]c1c(N)nc(N)nc1NC(CC)c1nc2cccc(Cl)c2c(=O)n1-c1ccn[nH]1. The summed E-state index contributed by atoms with van der Waals surface area (Å²) < 4.78 is 1.40. The van der Waals surface area contributed by atoms with E-state index in [4.69, 9.17) is 34.6 Å². The molecule has 0 saturated carbocycles. The van der Waals surface area contributed by atoms with E-state index < -0.39 is 6.04 Å². The summed E-state index contributed by atoms with van der Waals surface area (Å²) in [6.07, 6.45) is 2.02. The molecule has 1 atom stereocenters. The van der Waals surface area contributed by atoms with Gasteiger partial charge in [0, 0.05) is 6.07 Å². The highest BCUT2D eigenvalue weighted by Crippen LogP contribution is 2.33. The highest BCUT2D eigenvalue weighted by molar-refractivity contribution is 6.35. The van der Waals surface area contributed by atoms with Crippen LogP contribution in [0.25, 0.3) is 21.6 Å². The fourth-order valence-corrected chi connectivity index (χ4v) is 3.51. The van der Waals surface area contributed by atoms with E-state index >= 15 is 0 Å². The third kappa shape index (κ3) is 3.49. The largest absolute Gasteiger partial charge is 0.392 e. The van der Waals surface area contributed by atoms with Crippen molar-refractivity contribution in [3.63, 3.8) is 0 Å². The lowest BCUT2D eigenvalue weighted by atomic mass is 10.1. The van der Waals surface area contributed by atoms with E-state index in [1.54, 1.807) is 24.3 Å². The minimum atomic E-state index is -0.534. The second-order valence-electron chi connectivity index (χ2n) is 6.57. The first-order chi connectivity index (χ1) is 14.9. The van der Waals surface area contributed by atoms with E-state index in [0.717, 1.165) is 0 Å². The van der Waals surface area contributed by atoms with Gasteiger partial charge in [-0.05, 0) is 18.6 Å². The lowest BCUT2D eigenvalue weighted by molar-refractivity contribution is 0.653.